The van der Waals surface area contributed by atoms with E-state index in [1.54, 1.807) is 22.8 Å². The molecule has 0 atom stereocenters. The highest BCUT2D eigenvalue weighted by Crippen LogP contribution is 2.29. The molecule has 1 fully saturated rings. The van der Waals surface area contributed by atoms with E-state index in [1.165, 1.54) is 4.90 Å². The van der Waals surface area contributed by atoms with Crippen molar-refractivity contribution in [1.82, 2.24) is 19.5 Å². The van der Waals surface area contributed by atoms with E-state index in [0.29, 0.717) is 36.4 Å². The van der Waals surface area contributed by atoms with Crippen LogP contribution in [0.15, 0.2) is 36.5 Å². The van der Waals surface area contributed by atoms with Crippen molar-refractivity contribution in [3.8, 4) is 17.0 Å². The van der Waals surface area contributed by atoms with Gasteiger partial charge in [0.15, 0.2) is 12.4 Å². The summed E-state index contributed by atoms with van der Waals surface area (Å²) in [5.41, 5.74) is 2.90. The van der Waals surface area contributed by atoms with Gasteiger partial charge in [-0.2, -0.15) is 9.61 Å². The van der Waals surface area contributed by atoms with Gasteiger partial charge in [0.1, 0.15) is 19.4 Å². The average Bonchev–Trinajstić information content (AvgIpc) is 3.44. The number of halogens is 1. The zero-order valence-electron chi connectivity index (χ0n) is 17.7. The second-order valence-electron chi connectivity index (χ2n) is 8.09. The molecule has 9 heteroatoms. The third-order valence-corrected chi connectivity index (χ3v) is 5.90. The Morgan fingerprint density at radius 2 is 2.10 bits per heavy atom. The van der Waals surface area contributed by atoms with Gasteiger partial charge in [0.25, 0.3) is 0 Å². The van der Waals surface area contributed by atoms with Gasteiger partial charge < -0.3 is 15.3 Å². The maximum Gasteiger partial charge on any atom is 0.227 e. The van der Waals surface area contributed by atoms with E-state index in [-0.39, 0.29) is 17.6 Å². The van der Waals surface area contributed by atoms with Gasteiger partial charge in [-0.1, -0.05) is 25.0 Å². The molecule has 0 spiro atoms. The van der Waals surface area contributed by atoms with Crippen LogP contribution >= 0.6 is 0 Å². The monoisotopic (exact) mass is 423 g/mol. The number of nitrogens with one attached hydrogen (secondary N) is 1. The fraction of sp³-hybridized carbons (Fsp3) is 0.409. The van der Waals surface area contributed by atoms with E-state index in [2.05, 4.69) is 15.4 Å². The molecule has 0 aliphatic heterocycles. The second kappa shape index (κ2) is 9.37. The summed E-state index contributed by atoms with van der Waals surface area (Å²) >= 11 is 0. The van der Waals surface area contributed by atoms with E-state index in [1.807, 2.05) is 26.0 Å². The smallest absolute Gasteiger partial charge is 0.227 e. The number of alkyl halides is 1. The maximum absolute atomic E-state index is 13.4. The highest BCUT2D eigenvalue weighted by atomic mass is 19.1. The summed E-state index contributed by atoms with van der Waals surface area (Å²) in [6.07, 6.45) is 6.20. The van der Waals surface area contributed by atoms with Crippen molar-refractivity contribution in [2.45, 2.75) is 32.1 Å². The van der Waals surface area contributed by atoms with Crippen molar-refractivity contribution >= 4 is 30.7 Å². The topological polar surface area (TPSA) is 82.8 Å². The number of aromatic hydroxyl groups is 1. The third-order valence-electron chi connectivity index (χ3n) is 5.90. The third kappa shape index (κ3) is 4.50. The quantitative estimate of drug-likeness (QED) is 0.330. The van der Waals surface area contributed by atoms with E-state index < -0.39 is 6.80 Å². The summed E-state index contributed by atoms with van der Waals surface area (Å²) in [5, 5.41) is 18.0. The molecule has 2 heterocycles. The van der Waals surface area contributed by atoms with Gasteiger partial charge in [0.05, 0.1) is 5.69 Å². The van der Waals surface area contributed by atoms with Crippen molar-refractivity contribution in [3.05, 3.63) is 36.5 Å². The number of aromatic nitrogens is 3. The summed E-state index contributed by atoms with van der Waals surface area (Å²) in [4.78, 5) is 18.5. The van der Waals surface area contributed by atoms with Crippen LogP contribution in [0.1, 0.15) is 32.1 Å². The number of fused-ring (bicyclic) bond motifs is 1. The number of hydrogen-bond donors (Lipinski definition) is 2. The first-order valence-electron chi connectivity index (χ1n) is 10.8. The number of hydrogen-bond acceptors (Lipinski definition) is 5. The van der Waals surface area contributed by atoms with Gasteiger partial charge in [-0.3, -0.25) is 4.79 Å². The highest BCUT2D eigenvalue weighted by Gasteiger charge is 2.26. The number of anilines is 1. The Hall–Kier alpha value is -3.10. The normalized spacial score (nSPS) is 14.2. The van der Waals surface area contributed by atoms with Gasteiger partial charge in [-0.25, -0.2) is 9.37 Å². The number of phenolic OH excluding ortho intramolecular Hbond substituents is 1. The number of para-hydroxylation sites is 1. The van der Waals surface area contributed by atoms with Gasteiger partial charge in [-0.15, -0.1) is 0 Å². The molecule has 0 unspecified atom stereocenters. The first-order valence-corrected chi connectivity index (χ1v) is 10.8. The number of rotatable bonds is 8. The molecular formula is C22H27BFN5O2. The molecule has 7 nitrogen and oxygen atoms in total. The van der Waals surface area contributed by atoms with Crippen molar-refractivity contribution < 1.29 is 14.3 Å². The minimum atomic E-state index is -0.745. The summed E-state index contributed by atoms with van der Waals surface area (Å²) in [6, 6.07) is 8.90. The van der Waals surface area contributed by atoms with Crippen LogP contribution in [0.5, 0.6) is 5.75 Å². The number of amides is 1. The molecule has 31 heavy (non-hydrogen) atoms. The Labute approximate surface area is 181 Å². The van der Waals surface area contributed by atoms with Gasteiger partial charge >= 0.3 is 0 Å². The molecule has 2 aromatic heterocycles. The fourth-order valence-corrected chi connectivity index (χ4v) is 4.17. The van der Waals surface area contributed by atoms with Crippen molar-refractivity contribution in [2.24, 2.45) is 5.92 Å². The van der Waals surface area contributed by atoms with Gasteiger partial charge in [-0.05, 0) is 36.9 Å². The summed E-state index contributed by atoms with van der Waals surface area (Å²) in [7, 11) is 1.93. The Bertz CT molecular complexity index is 1070. The molecule has 1 aromatic carbocycles. The SMILES string of the molecule is Bc1cnn2c(NCCCN(CF)C(=O)C3CCCC3)cc(-c3ccccc3O)nc12. The van der Waals surface area contributed by atoms with Crippen LogP contribution in [0.4, 0.5) is 10.2 Å². The Balaban J connectivity index is 1.46. The maximum atomic E-state index is 13.4. The van der Waals surface area contributed by atoms with E-state index in [0.717, 1.165) is 37.0 Å². The van der Waals surface area contributed by atoms with Crippen LogP contribution in [0.25, 0.3) is 16.9 Å². The number of phenols is 1. The molecule has 0 radical (unpaired) electrons. The first-order chi connectivity index (χ1) is 15.1. The van der Waals surface area contributed by atoms with Crippen molar-refractivity contribution in [1.29, 1.82) is 0 Å². The summed E-state index contributed by atoms with van der Waals surface area (Å²) in [5.74, 6) is 0.810. The number of benzene rings is 1. The van der Waals surface area contributed by atoms with E-state index in [4.69, 9.17) is 0 Å². The minimum absolute atomic E-state index is 0.0170. The van der Waals surface area contributed by atoms with Crippen LogP contribution in [0.2, 0.25) is 0 Å². The summed E-state index contributed by atoms with van der Waals surface area (Å²) < 4.78 is 15.2. The van der Waals surface area contributed by atoms with E-state index >= 15 is 0 Å². The molecule has 4 rings (SSSR count). The summed E-state index contributed by atoms with van der Waals surface area (Å²) in [6.45, 7) is 0.175. The average molecular weight is 423 g/mol. The largest absolute Gasteiger partial charge is 0.507 e. The Morgan fingerprint density at radius 1 is 1.32 bits per heavy atom. The lowest BCUT2D eigenvalue weighted by Gasteiger charge is -2.22. The predicted molar refractivity (Wildman–Crippen MR) is 121 cm³/mol. The lowest BCUT2D eigenvalue weighted by Crippen LogP contribution is -2.36. The van der Waals surface area contributed by atoms with E-state index in [9.17, 15) is 14.3 Å². The van der Waals surface area contributed by atoms with Crippen LogP contribution in [-0.2, 0) is 4.79 Å². The van der Waals surface area contributed by atoms with Crippen LogP contribution in [0.3, 0.4) is 0 Å². The zero-order chi connectivity index (χ0) is 21.8. The Kier molecular flexibility index (Phi) is 6.39. The van der Waals surface area contributed by atoms with Crippen LogP contribution in [-0.4, -0.2) is 58.2 Å². The molecule has 1 aliphatic rings. The number of carbonyl (C=O) groups excluding carboxylic acids is 1. The second-order valence-corrected chi connectivity index (χ2v) is 8.09. The van der Waals surface area contributed by atoms with Crippen molar-refractivity contribution in [2.75, 3.05) is 25.2 Å². The molecule has 2 N–H and O–H groups in total. The van der Waals surface area contributed by atoms with Crippen LogP contribution < -0.4 is 10.8 Å². The molecule has 1 aliphatic carbocycles. The molecule has 0 saturated heterocycles. The molecular weight excluding hydrogens is 396 g/mol. The van der Waals surface area contributed by atoms with Gasteiger partial charge in [0, 0.05) is 36.8 Å². The molecule has 3 aromatic rings. The minimum Gasteiger partial charge on any atom is -0.507 e. The highest BCUT2D eigenvalue weighted by molar-refractivity contribution is 6.36. The molecule has 1 amide bonds. The van der Waals surface area contributed by atoms with Crippen LogP contribution in [0, 0.1) is 5.92 Å². The molecule has 1 saturated carbocycles. The first kappa shape index (κ1) is 21.1. The molecule has 0 bridgehead atoms. The van der Waals surface area contributed by atoms with Gasteiger partial charge in [0.2, 0.25) is 5.91 Å². The van der Waals surface area contributed by atoms with Crippen molar-refractivity contribution in [3.63, 3.8) is 0 Å². The molecule has 162 valence electrons. The lowest BCUT2D eigenvalue weighted by molar-refractivity contribution is -0.137. The lowest BCUT2D eigenvalue weighted by atomic mass is 10.0. The number of nitrogens with zero attached hydrogens (tertiary/aromatic N) is 4. The Morgan fingerprint density at radius 3 is 2.84 bits per heavy atom. The fourth-order valence-electron chi connectivity index (χ4n) is 4.17. The zero-order valence-corrected chi connectivity index (χ0v) is 17.7. The predicted octanol–water partition coefficient (Wildman–Crippen LogP) is 2.11. The number of carbonyl (C=O) groups is 1. The standard InChI is InChI=1S/C22H27BFN5O2/c23-17-13-26-29-20(12-18(27-21(17)29)16-8-3-4-9-19(16)30)25-10-5-11-28(14-24)22(31)15-6-1-2-7-15/h3-4,8-9,12-13,15,25,30H,1-2,5-7,10-11,14,23H2.